The van der Waals surface area contributed by atoms with Crippen molar-refractivity contribution in [3.8, 4) is 5.75 Å². The van der Waals surface area contributed by atoms with E-state index in [1.165, 1.54) is 12.8 Å². The first-order valence-corrected chi connectivity index (χ1v) is 9.88. The normalized spacial score (nSPS) is 21.3. The van der Waals surface area contributed by atoms with E-state index >= 15 is 0 Å². The second-order valence-electron chi connectivity index (χ2n) is 7.70. The number of aromatic hydroxyl groups is 1. The molecule has 0 spiro atoms. The quantitative estimate of drug-likeness (QED) is 0.861. The summed E-state index contributed by atoms with van der Waals surface area (Å²) in [5, 5.41) is 21.3. The van der Waals surface area contributed by atoms with E-state index in [9.17, 15) is 9.90 Å². The van der Waals surface area contributed by atoms with Crippen molar-refractivity contribution in [3.63, 3.8) is 0 Å². The Hall–Kier alpha value is -2.41. The fraction of sp³-hybridized carbons (Fsp3) is 0.550. The number of nitrogens with zero attached hydrogens (tertiary/aromatic N) is 4. The van der Waals surface area contributed by atoms with Crippen LogP contribution in [-0.2, 0) is 6.54 Å². The number of nitrogens with one attached hydrogen (secondary N) is 1. The molecule has 1 aromatic carbocycles. The molecule has 1 amide bonds. The Balaban J connectivity index is 1.32. The summed E-state index contributed by atoms with van der Waals surface area (Å²) in [5.74, 6) is 1.21. The van der Waals surface area contributed by atoms with Crippen LogP contribution in [0.25, 0.3) is 0 Å². The van der Waals surface area contributed by atoms with E-state index in [1.807, 2.05) is 27.8 Å². The summed E-state index contributed by atoms with van der Waals surface area (Å²) in [6.07, 6.45) is 5.98. The summed E-state index contributed by atoms with van der Waals surface area (Å²) >= 11 is 0. The molecule has 2 fully saturated rings. The summed E-state index contributed by atoms with van der Waals surface area (Å²) in [7, 11) is 0. The second-order valence-corrected chi connectivity index (χ2v) is 7.70. The average Bonchev–Trinajstić information content (AvgIpc) is 3.17. The number of likely N-dealkylation sites (tertiary alicyclic amines) is 1. The third-order valence-corrected chi connectivity index (χ3v) is 5.73. The Bertz CT molecular complexity index is 776. The fourth-order valence-corrected chi connectivity index (χ4v) is 4.19. The molecule has 0 unspecified atom stereocenters. The lowest BCUT2D eigenvalue weighted by atomic mass is 9.89. The van der Waals surface area contributed by atoms with Crippen LogP contribution in [0, 0.1) is 5.92 Å². The van der Waals surface area contributed by atoms with Gasteiger partial charge in [0, 0.05) is 19.6 Å². The standard InChI is InChI=1S/C20H27N5O2/c26-18-5-1-4-17(11-18)16-6-9-24(10-7-16)20(27)19-14-25(23-22-19)13-15-3-2-8-21-12-15/h1,4-5,11,14-16,21,26H,2-3,6-10,12-13H2/t15-/m1/s1. The second kappa shape index (κ2) is 8.08. The number of hydrogen-bond acceptors (Lipinski definition) is 5. The summed E-state index contributed by atoms with van der Waals surface area (Å²) in [5.41, 5.74) is 1.59. The summed E-state index contributed by atoms with van der Waals surface area (Å²) in [6.45, 7) is 4.33. The van der Waals surface area contributed by atoms with Gasteiger partial charge in [-0.2, -0.15) is 0 Å². The monoisotopic (exact) mass is 369 g/mol. The van der Waals surface area contributed by atoms with Gasteiger partial charge in [-0.15, -0.1) is 5.10 Å². The molecule has 4 rings (SSSR count). The smallest absolute Gasteiger partial charge is 0.276 e. The number of rotatable bonds is 4. The highest BCUT2D eigenvalue weighted by Gasteiger charge is 2.26. The molecule has 3 heterocycles. The first kappa shape index (κ1) is 18.0. The lowest BCUT2D eigenvalue weighted by molar-refractivity contribution is 0.0707. The Morgan fingerprint density at radius 3 is 2.85 bits per heavy atom. The largest absolute Gasteiger partial charge is 0.508 e. The molecule has 0 aliphatic carbocycles. The molecular weight excluding hydrogens is 342 g/mol. The molecule has 7 heteroatoms. The van der Waals surface area contributed by atoms with Crippen molar-refractivity contribution >= 4 is 5.91 Å². The Morgan fingerprint density at radius 1 is 1.26 bits per heavy atom. The van der Waals surface area contributed by atoms with Crippen molar-refractivity contribution in [2.45, 2.75) is 38.1 Å². The molecule has 2 N–H and O–H groups in total. The Labute approximate surface area is 159 Å². The van der Waals surface area contributed by atoms with Crippen LogP contribution in [0.15, 0.2) is 30.5 Å². The minimum absolute atomic E-state index is 0.0302. The number of phenolic OH excluding ortho intramolecular Hbond substituents is 1. The SMILES string of the molecule is O=C(c1cn(C[C@@H]2CCCNC2)nn1)N1CCC(c2cccc(O)c2)CC1. The highest BCUT2D eigenvalue weighted by Crippen LogP contribution is 2.30. The van der Waals surface area contributed by atoms with Crippen LogP contribution in [0.4, 0.5) is 0 Å². The third-order valence-electron chi connectivity index (χ3n) is 5.73. The molecule has 0 radical (unpaired) electrons. The van der Waals surface area contributed by atoms with Gasteiger partial charge < -0.3 is 15.3 Å². The number of phenols is 1. The fourth-order valence-electron chi connectivity index (χ4n) is 4.19. The van der Waals surface area contributed by atoms with Crippen LogP contribution in [0.2, 0.25) is 0 Å². The van der Waals surface area contributed by atoms with E-state index in [0.29, 0.717) is 36.4 Å². The molecule has 144 valence electrons. The van der Waals surface area contributed by atoms with E-state index in [2.05, 4.69) is 15.6 Å². The maximum absolute atomic E-state index is 12.8. The van der Waals surface area contributed by atoms with Crippen molar-refractivity contribution in [1.82, 2.24) is 25.2 Å². The van der Waals surface area contributed by atoms with Gasteiger partial charge in [0.05, 0.1) is 6.20 Å². The molecule has 1 aromatic heterocycles. The van der Waals surface area contributed by atoms with Crippen molar-refractivity contribution in [3.05, 3.63) is 41.7 Å². The topological polar surface area (TPSA) is 83.3 Å². The van der Waals surface area contributed by atoms with Crippen LogP contribution in [-0.4, -0.2) is 57.1 Å². The predicted molar refractivity (Wildman–Crippen MR) is 102 cm³/mol. The zero-order valence-electron chi connectivity index (χ0n) is 15.5. The zero-order chi connectivity index (χ0) is 18.6. The van der Waals surface area contributed by atoms with Gasteiger partial charge in [0.15, 0.2) is 5.69 Å². The number of carbonyl (C=O) groups excluding carboxylic acids is 1. The molecule has 7 nitrogen and oxygen atoms in total. The maximum Gasteiger partial charge on any atom is 0.276 e. The molecule has 1 atom stereocenters. The number of hydrogen-bond donors (Lipinski definition) is 2. The number of benzene rings is 1. The van der Waals surface area contributed by atoms with Gasteiger partial charge in [0.2, 0.25) is 0 Å². The first-order valence-electron chi connectivity index (χ1n) is 9.88. The van der Waals surface area contributed by atoms with E-state index in [4.69, 9.17) is 0 Å². The van der Waals surface area contributed by atoms with Crippen molar-refractivity contribution in [1.29, 1.82) is 0 Å². The maximum atomic E-state index is 12.8. The van der Waals surface area contributed by atoms with Crippen LogP contribution in [0.3, 0.4) is 0 Å². The molecule has 2 saturated heterocycles. The molecule has 2 aliphatic heterocycles. The highest BCUT2D eigenvalue weighted by molar-refractivity contribution is 5.92. The van der Waals surface area contributed by atoms with Gasteiger partial charge in [0.1, 0.15) is 5.75 Å². The number of carbonyl (C=O) groups is 1. The Morgan fingerprint density at radius 2 is 2.11 bits per heavy atom. The summed E-state index contributed by atoms with van der Waals surface area (Å²) in [6, 6.07) is 7.44. The molecule has 27 heavy (non-hydrogen) atoms. The molecule has 2 aromatic rings. The van der Waals surface area contributed by atoms with Crippen LogP contribution >= 0.6 is 0 Å². The van der Waals surface area contributed by atoms with Gasteiger partial charge in [-0.25, -0.2) is 0 Å². The third kappa shape index (κ3) is 4.30. The van der Waals surface area contributed by atoms with Gasteiger partial charge in [-0.05, 0) is 68.3 Å². The van der Waals surface area contributed by atoms with E-state index in [-0.39, 0.29) is 5.91 Å². The average molecular weight is 369 g/mol. The molecule has 0 bridgehead atoms. The van der Waals surface area contributed by atoms with Gasteiger partial charge in [-0.3, -0.25) is 9.48 Å². The summed E-state index contributed by atoms with van der Waals surface area (Å²) < 4.78 is 1.81. The van der Waals surface area contributed by atoms with Gasteiger partial charge in [-0.1, -0.05) is 17.3 Å². The van der Waals surface area contributed by atoms with E-state index < -0.39 is 0 Å². The number of piperidine rings is 2. The number of amides is 1. The Kier molecular flexibility index (Phi) is 5.38. The molecule has 0 saturated carbocycles. The minimum Gasteiger partial charge on any atom is -0.508 e. The lowest BCUT2D eigenvalue weighted by Gasteiger charge is -2.31. The van der Waals surface area contributed by atoms with Crippen molar-refractivity contribution in [2.75, 3.05) is 26.2 Å². The van der Waals surface area contributed by atoms with Gasteiger partial charge in [0.25, 0.3) is 5.91 Å². The first-order chi connectivity index (χ1) is 13.2. The lowest BCUT2D eigenvalue weighted by Crippen LogP contribution is -2.38. The summed E-state index contributed by atoms with van der Waals surface area (Å²) in [4.78, 5) is 14.6. The van der Waals surface area contributed by atoms with Crippen LogP contribution in [0.5, 0.6) is 5.75 Å². The number of aromatic nitrogens is 3. The van der Waals surface area contributed by atoms with Crippen LogP contribution in [0.1, 0.15) is 47.7 Å². The predicted octanol–water partition coefficient (Wildman–Crippen LogP) is 2.00. The van der Waals surface area contributed by atoms with Crippen molar-refractivity contribution in [2.24, 2.45) is 5.92 Å². The van der Waals surface area contributed by atoms with E-state index in [0.717, 1.165) is 38.0 Å². The van der Waals surface area contributed by atoms with Crippen molar-refractivity contribution < 1.29 is 9.90 Å². The van der Waals surface area contributed by atoms with E-state index in [1.54, 1.807) is 12.3 Å². The molecule has 2 aliphatic rings. The molecular formula is C20H27N5O2. The minimum atomic E-state index is -0.0302. The van der Waals surface area contributed by atoms with Crippen LogP contribution < -0.4 is 5.32 Å². The van der Waals surface area contributed by atoms with Gasteiger partial charge >= 0.3 is 0 Å². The zero-order valence-corrected chi connectivity index (χ0v) is 15.5. The highest BCUT2D eigenvalue weighted by atomic mass is 16.3.